The maximum Gasteiger partial charge on any atom is 0.430 e. The van der Waals surface area contributed by atoms with E-state index < -0.39 is 62.3 Å². The van der Waals surface area contributed by atoms with Gasteiger partial charge >= 0.3 is 12.4 Å². The fourth-order valence-corrected chi connectivity index (χ4v) is 3.87. The van der Waals surface area contributed by atoms with Gasteiger partial charge in [-0.1, -0.05) is 30.3 Å². The highest BCUT2D eigenvalue weighted by molar-refractivity contribution is 7.92. The summed E-state index contributed by atoms with van der Waals surface area (Å²) < 4.78 is 143. The number of anilines is 1. The highest BCUT2D eigenvalue weighted by Gasteiger charge is 2.71. The first-order chi connectivity index (χ1) is 14.0. The SMILES string of the molecule is O=S(=O)(Nc1ccc(C(O)(C(F)(F)F)C(F)(F)F)cc1)c1ccccc1C(F)C(F)F. The number of hydrogen-bond donors (Lipinski definition) is 2. The molecule has 0 saturated heterocycles. The number of sulfonamides is 1. The Bertz CT molecular complexity index is 1000. The smallest absolute Gasteiger partial charge is 0.369 e. The van der Waals surface area contributed by atoms with Crippen LogP contribution in [0.15, 0.2) is 53.4 Å². The lowest BCUT2D eigenvalue weighted by atomic mass is 9.92. The third-order valence-electron chi connectivity index (χ3n) is 4.10. The highest BCUT2D eigenvalue weighted by Crippen LogP contribution is 2.50. The standard InChI is InChI=1S/C17H12F9NO3S/c18-13(14(19)20)11-3-1-2-4-12(11)31(29,30)27-10-7-5-9(6-8-10)15(28,16(21,22)23)17(24,25)26/h1-8,13-14,27-28H. The molecule has 0 bridgehead atoms. The molecule has 0 spiro atoms. The summed E-state index contributed by atoms with van der Waals surface area (Å²) in [5.41, 5.74) is -8.33. The molecule has 0 aromatic heterocycles. The van der Waals surface area contributed by atoms with Crippen LogP contribution in [0, 0.1) is 0 Å². The second-order valence-corrected chi connectivity index (χ2v) is 7.81. The molecule has 1 unspecified atom stereocenters. The lowest BCUT2D eigenvalue weighted by Crippen LogP contribution is -2.53. The van der Waals surface area contributed by atoms with Gasteiger partial charge in [-0.25, -0.2) is 21.6 Å². The minimum absolute atomic E-state index is 0.182. The first-order valence-electron chi connectivity index (χ1n) is 8.02. The Morgan fingerprint density at radius 3 is 1.74 bits per heavy atom. The maximum atomic E-state index is 13.7. The van der Waals surface area contributed by atoms with Gasteiger partial charge in [-0.3, -0.25) is 4.72 Å². The summed E-state index contributed by atoms with van der Waals surface area (Å²) in [5.74, 6) is 0. The van der Waals surface area contributed by atoms with E-state index in [1.807, 2.05) is 0 Å². The van der Waals surface area contributed by atoms with Gasteiger partial charge in [0, 0.05) is 16.8 Å². The van der Waals surface area contributed by atoms with E-state index in [1.54, 1.807) is 4.72 Å². The first-order valence-corrected chi connectivity index (χ1v) is 9.51. The summed E-state index contributed by atoms with van der Waals surface area (Å²) in [6.45, 7) is 0. The van der Waals surface area contributed by atoms with Crippen molar-refractivity contribution < 1.29 is 53.0 Å². The normalized spacial score (nSPS) is 14.5. The van der Waals surface area contributed by atoms with Gasteiger partial charge < -0.3 is 5.11 Å². The van der Waals surface area contributed by atoms with Crippen LogP contribution in [0.2, 0.25) is 0 Å². The zero-order chi connectivity index (χ0) is 23.8. The highest BCUT2D eigenvalue weighted by atomic mass is 32.2. The summed E-state index contributed by atoms with van der Waals surface area (Å²) in [4.78, 5) is -0.908. The Morgan fingerprint density at radius 1 is 0.806 bits per heavy atom. The Balaban J connectivity index is 2.42. The minimum Gasteiger partial charge on any atom is -0.369 e. The third-order valence-corrected chi connectivity index (χ3v) is 5.56. The van der Waals surface area contributed by atoms with Crippen LogP contribution < -0.4 is 4.72 Å². The van der Waals surface area contributed by atoms with Crippen molar-refractivity contribution in [3.63, 3.8) is 0 Å². The van der Waals surface area contributed by atoms with Crippen molar-refractivity contribution in [2.24, 2.45) is 0 Å². The molecule has 2 aromatic carbocycles. The molecule has 0 heterocycles. The average molecular weight is 481 g/mol. The molecule has 0 aliphatic carbocycles. The van der Waals surface area contributed by atoms with E-state index >= 15 is 0 Å². The van der Waals surface area contributed by atoms with Crippen LogP contribution in [0.3, 0.4) is 0 Å². The van der Waals surface area contributed by atoms with Crippen molar-refractivity contribution in [3.8, 4) is 0 Å². The van der Waals surface area contributed by atoms with Crippen LogP contribution in [0.5, 0.6) is 0 Å². The largest absolute Gasteiger partial charge is 0.430 e. The number of nitrogens with one attached hydrogen (secondary N) is 1. The Labute approximate surface area is 169 Å². The summed E-state index contributed by atoms with van der Waals surface area (Å²) >= 11 is 0. The van der Waals surface area contributed by atoms with Crippen molar-refractivity contribution in [3.05, 3.63) is 59.7 Å². The third kappa shape index (κ3) is 4.74. The van der Waals surface area contributed by atoms with Crippen LogP contribution in [0.25, 0.3) is 0 Å². The van der Waals surface area contributed by atoms with E-state index in [4.69, 9.17) is 0 Å². The average Bonchev–Trinajstić information content (AvgIpc) is 2.65. The summed E-state index contributed by atoms with van der Waals surface area (Å²) in [6, 6.07) is 5.08. The van der Waals surface area contributed by atoms with E-state index in [0.717, 1.165) is 24.3 Å². The topological polar surface area (TPSA) is 66.4 Å². The van der Waals surface area contributed by atoms with Gasteiger partial charge in [0.2, 0.25) is 0 Å². The lowest BCUT2D eigenvalue weighted by molar-refractivity contribution is -0.376. The molecule has 0 aliphatic heterocycles. The zero-order valence-electron chi connectivity index (χ0n) is 14.8. The Kier molecular flexibility index (Phi) is 6.57. The van der Waals surface area contributed by atoms with Gasteiger partial charge in [-0.05, 0) is 18.2 Å². The molecule has 1 atom stereocenters. The molecule has 4 nitrogen and oxygen atoms in total. The van der Waals surface area contributed by atoms with Gasteiger partial charge in [0.15, 0.2) is 6.17 Å². The van der Waals surface area contributed by atoms with Crippen LogP contribution >= 0.6 is 0 Å². The molecule has 172 valence electrons. The van der Waals surface area contributed by atoms with E-state index in [1.165, 1.54) is 0 Å². The Hall–Kier alpha value is -2.48. The molecule has 0 radical (unpaired) electrons. The van der Waals surface area contributed by atoms with Crippen LogP contribution in [0.4, 0.5) is 45.2 Å². The van der Waals surface area contributed by atoms with Crippen LogP contribution in [-0.4, -0.2) is 32.3 Å². The number of halogens is 9. The molecule has 31 heavy (non-hydrogen) atoms. The number of alkyl halides is 9. The van der Waals surface area contributed by atoms with Crippen molar-refractivity contribution in [2.45, 2.75) is 35.4 Å². The van der Waals surface area contributed by atoms with Gasteiger partial charge in [0.1, 0.15) is 0 Å². The number of rotatable bonds is 6. The predicted octanol–water partition coefficient (Wildman–Crippen LogP) is 5.08. The summed E-state index contributed by atoms with van der Waals surface area (Å²) in [5, 5.41) is 9.31. The lowest BCUT2D eigenvalue weighted by Gasteiger charge is -2.32. The quantitative estimate of drug-likeness (QED) is 0.566. The molecule has 0 aliphatic rings. The van der Waals surface area contributed by atoms with Crippen molar-refractivity contribution in [1.29, 1.82) is 0 Å². The monoisotopic (exact) mass is 481 g/mol. The summed E-state index contributed by atoms with van der Waals surface area (Å²) in [7, 11) is -4.76. The fourth-order valence-electron chi connectivity index (χ4n) is 2.57. The van der Waals surface area contributed by atoms with Crippen LogP contribution in [-0.2, 0) is 15.6 Å². The fraction of sp³-hybridized carbons (Fsp3) is 0.294. The number of hydrogen-bond acceptors (Lipinski definition) is 3. The molecule has 0 amide bonds. The molecular weight excluding hydrogens is 469 g/mol. The molecule has 2 rings (SSSR count). The second kappa shape index (κ2) is 8.22. The molecule has 14 heteroatoms. The molecule has 2 aromatic rings. The first kappa shape index (κ1) is 24.8. The van der Waals surface area contributed by atoms with Gasteiger partial charge in [0.05, 0.1) is 4.90 Å². The summed E-state index contributed by atoms with van der Waals surface area (Å²) in [6.07, 6.45) is -18.8. The predicted molar refractivity (Wildman–Crippen MR) is 89.6 cm³/mol. The van der Waals surface area contributed by atoms with E-state index in [-0.39, 0.29) is 12.1 Å². The molecule has 0 fully saturated rings. The number of benzene rings is 2. The van der Waals surface area contributed by atoms with Gasteiger partial charge in [0.25, 0.3) is 22.0 Å². The second-order valence-electron chi connectivity index (χ2n) is 6.16. The molecule has 0 saturated carbocycles. The van der Waals surface area contributed by atoms with E-state index in [0.29, 0.717) is 12.1 Å². The molecule has 2 N–H and O–H groups in total. The van der Waals surface area contributed by atoms with Crippen molar-refractivity contribution >= 4 is 15.7 Å². The van der Waals surface area contributed by atoms with Gasteiger partial charge in [-0.2, -0.15) is 26.3 Å². The van der Waals surface area contributed by atoms with Crippen LogP contribution in [0.1, 0.15) is 17.3 Å². The van der Waals surface area contributed by atoms with E-state index in [2.05, 4.69) is 0 Å². The van der Waals surface area contributed by atoms with Crippen molar-refractivity contribution in [1.82, 2.24) is 0 Å². The minimum atomic E-state index is -6.14. The van der Waals surface area contributed by atoms with Gasteiger partial charge in [-0.15, -0.1) is 0 Å². The Morgan fingerprint density at radius 2 is 1.29 bits per heavy atom. The molecular formula is C17H12F9NO3S. The number of aliphatic hydroxyl groups is 1. The van der Waals surface area contributed by atoms with Crippen molar-refractivity contribution in [2.75, 3.05) is 4.72 Å². The zero-order valence-corrected chi connectivity index (χ0v) is 15.7. The maximum absolute atomic E-state index is 13.7. The van der Waals surface area contributed by atoms with E-state index in [9.17, 15) is 53.0 Å².